The Morgan fingerprint density at radius 2 is 2.00 bits per heavy atom. The number of Topliss-reactive ketones (excluding diaryl/α,β-unsaturated/α-hetero) is 1. The first-order valence-electron chi connectivity index (χ1n) is 8.85. The van der Waals surface area contributed by atoms with Gasteiger partial charge in [-0.25, -0.2) is 9.67 Å². The molecular formula is C17H18N8O2. The number of carbonyl (C=O) groups excluding carboxylic acids is 1. The van der Waals surface area contributed by atoms with Crippen LogP contribution in [-0.2, 0) is 11.3 Å². The number of anilines is 1. The maximum absolute atomic E-state index is 11.4. The average molecular weight is 366 g/mol. The first-order chi connectivity index (χ1) is 13.2. The average Bonchev–Trinajstić information content (AvgIpc) is 3.40. The van der Waals surface area contributed by atoms with Gasteiger partial charge < -0.3 is 15.1 Å². The number of nitrogens with two attached hydrogens (primary N) is 1. The minimum absolute atomic E-state index is 0.244. The van der Waals surface area contributed by atoms with Gasteiger partial charge in [0.15, 0.2) is 17.1 Å². The molecule has 0 bridgehead atoms. The molecule has 5 heterocycles. The number of carbonyl (C=O) groups is 1. The fourth-order valence-electron chi connectivity index (χ4n) is 3.39. The van der Waals surface area contributed by atoms with Crippen molar-refractivity contribution in [3.63, 3.8) is 0 Å². The molecular weight excluding hydrogens is 348 g/mol. The molecule has 0 aromatic carbocycles. The predicted molar refractivity (Wildman–Crippen MR) is 96.9 cm³/mol. The summed E-state index contributed by atoms with van der Waals surface area (Å²) in [6.07, 6.45) is 4.56. The van der Waals surface area contributed by atoms with Crippen LogP contribution in [0.25, 0.3) is 28.3 Å². The first kappa shape index (κ1) is 15.9. The van der Waals surface area contributed by atoms with Gasteiger partial charge in [-0.05, 0) is 12.1 Å². The summed E-state index contributed by atoms with van der Waals surface area (Å²) in [5.74, 6) is 1.60. The lowest BCUT2D eigenvalue weighted by atomic mass is 10.1. The van der Waals surface area contributed by atoms with Gasteiger partial charge >= 0.3 is 0 Å². The summed E-state index contributed by atoms with van der Waals surface area (Å²) in [6, 6.07) is 3.58. The van der Waals surface area contributed by atoms with Crippen LogP contribution in [-0.4, -0.2) is 59.7 Å². The number of rotatable bonds is 4. The summed E-state index contributed by atoms with van der Waals surface area (Å²) in [4.78, 5) is 22.7. The summed E-state index contributed by atoms with van der Waals surface area (Å²) in [6.45, 7) is 3.07. The highest BCUT2D eigenvalue weighted by Gasteiger charge is 2.19. The van der Waals surface area contributed by atoms with Crippen molar-refractivity contribution in [3.8, 4) is 11.6 Å². The quantitative estimate of drug-likeness (QED) is 0.567. The van der Waals surface area contributed by atoms with Crippen molar-refractivity contribution < 1.29 is 9.21 Å². The van der Waals surface area contributed by atoms with E-state index in [0.717, 1.165) is 25.0 Å². The Balaban J connectivity index is 1.47. The maximum atomic E-state index is 11.4. The Morgan fingerprint density at radius 3 is 2.78 bits per heavy atom. The van der Waals surface area contributed by atoms with Gasteiger partial charge in [0.2, 0.25) is 11.8 Å². The smallest absolute Gasteiger partial charge is 0.225 e. The third kappa shape index (κ3) is 2.74. The molecule has 138 valence electrons. The molecule has 0 atom stereocenters. The van der Waals surface area contributed by atoms with E-state index in [1.165, 1.54) is 4.52 Å². The second-order valence-corrected chi connectivity index (χ2v) is 6.60. The lowest BCUT2D eigenvalue weighted by molar-refractivity contribution is -0.121. The number of fused-ring (bicyclic) bond motifs is 3. The van der Waals surface area contributed by atoms with Gasteiger partial charge in [-0.15, -0.1) is 5.10 Å². The van der Waals surface area contributed by atoms with E-state index in [9.17, 15) is 4.79 Å². The highest BCUT2D eigenvalue weighted by molar-refractivity contribution is 5.90. The van der Waals surface area contributed by atoms with E-state index in [0.29, 0.717) is 48.0 Å². The molecule has 0 saturated carbocycles. The zero-order valence-electron chi connectivity index (χ0n) is 14.6. The van der Waals surface area contributed by atoms with E-state index >= 15 is 0 Å². The van der Waals surface area contributed by atoms with Crippen molar-refractivity contribution in [1.82, 2.24) is 34.3 Å². The van der Waals surface area contributed by atoms with Gasteiger partial charge in [0.1, 0.15) is 5.78 Å². The normalized spacial score (nSPS) is 15.9. The van der Waals surface area contributed by atoms with E-state index in [2.05, 4.69) is 25.1 Å². The van der Waals surface area contributed by atoms with Crippen LogP contribution >= 0.6 is 0 Å². The van der Waals surface area contributed by atoms with E-state index in [4.69, 9.17) is 10.2 Å². The van der Waals surface area contributed by atoms with Crippen LogP contribution in [0.2, 0.25) is 0 Å². The summed E-state index contributed by atoms with van der Waals surface area (Å²) in [7, 11) is 0. The Labute approximate surface area is 153 Å². The van der Waals surface area contributed by atoms with Crippen LogP contribution in [0, 0.1) is 0 Å². The van der Waals surface area contributed by atoms with Crippen LogP contribution in [0.3, 0.4) is 0 Å². The summed E-state index contributed by atoms with van der Waals surface area (Å²) >= 11 is 0. The zero-order valence-corrected chi connectivity index (χ0v) is 14.6. The maximum Gasteiger partial charge on any atom is 0.225 e. The third-order valence-corrected chi connectivity index (χ3v) is 4.88. The Kier molecular flexibility index (Phi) is 3.64. The Morgan fingerprint density at radius 1 is 1.15 bits per heavy atom. The van der Waals surface area contributed by atoms with Gasteiger partial charge in [0.05, 0.1) is 24.4 Å². The molecule has 0 aliphatic carbocycles. The highest BCUT2D eigenvalue weighted by Crippen LogP contribution is 2.23. The molecule has 1 aliphatic rings. The van der Waals surface area contributed by atoms with Crippen molar-refractivity contribution in [2.45, 2.75) is 19.4 Å². The number of ketones is 1. The summed E-state index contributed by atoms with van der Waals surface area (Å²) in [5.41, 5.74) is 7.37. The molecule has 10 heteroatoms. The van der Waals surface area contributed by atoms with Crippen molar-refractivity contribution in [1.29, 1.82) is 0 Å². The number of hydrogen-bond acceptors (Lipinski definition) is 8. The molecule has 4 aromatic heterocycles. The molecule has 1 fully saturated rings. The zero-order chi connectivity index (χ0) is 18.4. The number of hydrogen-bond donors (Lipinski definition) is 1. The first-order valence-corrected chi connectivity index (χ1v) is 8.85. The largest absolute Gasteiger partial charge is 0.461 e. The van der Waals surface area contributed by atoms with Crippen molar-refractivity contribution >= 4 is 28.4 Å². The van der Waals surface area contributed by atoms with Gasteiger partial charge in [-0.2, -0.15) is 14.6 Å². The lowest BCUT2D eigenvalue weighted by Crippen LogP contribution is -2.36. The van der Waals surface area contributed by atoms with E-state index < -0.39 is 0 Å². The number of aromatic nitrogens is 6. The van der Waals surface area contributed by atoms with Crippen molar-refractivity contribution in [3.05, 3.63) is 24.6 Å². The van der Waals surface area contributed by atoms with E-state index in [1.54, 1.807) is 24.6 Å². The fourth-order valence-corrected chi connectivity index (χ4v) is 3.39. The lowest BCUT2D eigenvalue weighted by Gasteiger charge is -2.25. The number of nitrogen functional groups attached to an aromatic ring is 1. The van der Waals surface area contributed by atoms with Gasteiger partial charge in [0.25, 0.3) is 0 Å². The van der Waals surface area contributed by atoms with Crippen LogP contribution < -0.4 is 5.73 Å². The molecule has 1 aliphatic heterocycles. The number of piperidine rings is 1. The van der Waals surface area contributed by atoms with Gasteiger partial charge in [0, 0.05) is 32.5 Å². The second kappa shape index (κ2) is 6.16. The second-order valence-electron chi connectivity index (χ2n) is 6.60. The molecule has 5 rings (SSSR count). The third-order valence-electron chi connectivity index (χ3n) is 4.88. The highest BCUT2D eigenvalue weighted by atomic mass is 16.3. The van der Waals surface area contributed by atoms with Crippen LogP contribution in [0.5, 0.6) is 0 Å². The monoisotopic (exact) mass is 366 g/mol. The van der Waals surface area contributed by atoms with E-state index in [-0.39, 0.29) is 5.95 Å². The standard InChI is InChI=1S/C17H18N8O2/c18-17-21-15-12(16-20-14(22-25(16)17)13-2-1-9-27-13)10-19-24(15)8-7-23-5-3-11(26)4-6-23/h1-2,9-10H,3-8H2,(H2,18,21). The summed E-state index contributed by atoms with van der Waals surface area (Å²) in [5, 5.41) is 9.63. The fraction of sp³-hybridized carbons (Fsp3) is 0.353. The molecule has 27 heavy (non-hydrogen) atoms. The molecule has 1 saturated heterocycles. The van der Waals surface area contributed by atoms with Crippen molar-refractivity contribution in [2.75, 3.05) is 25.4 Å². The SMILES string of the molecule is Nc1nc2c(cnn2CCN2CCC(=O)CC2)c2nc(-c3ccco3)nn12. The van der Waals surface area contributed by atoms with Gasteiger partial charge in [-0.3, -0.25) is 4.79 Å². The molecule has 2 N–H and O–H groups in total. The molecule has 0 radical (unpaired) electrons. The molecule has 0 spiro atoms. The molecule has 4 aromatic rings. The van der Waals surface area contributed by atoms with E-state index in [1.807, 2.05) is 4.68 Å². The Bertz CT molecular complexity index is 1120. The van der Waals surface area contributed by atoms with Crippen LogP contribution in [0.15, 0.2) is 29.0 Å². The number of furan rings is 1. The number of nitrogens with zero attached hydrogens (tertiary/aromatic N) is 7. The summed E-state index contributed by atoms with van der Waals surface area (Å²) < 4.78 is 8.69. The molecule has 10 nitrogen and oxygen atoms in total. The molecule has 0 unspecified atom stereocenters. The van der Waals surface area contributed by atoms with Crippen LogP contribution in [0.4, 0.5) is 5.95 Å². The molecule has 0 amide bonds. The number of likely N-dealkylation sites (tertiary alicyclic amines) is 1. The Hall–Kier alpha value is -3.27. The predicted octanol–water partition coefficient (Wildman–Crippen LogP) is 0.981. The van der Waals surface area contributed by atoms with Crippen molar-refractivity contribution in [2.24, 2.45) is 0 Å². The minimum Gasteiger partial charge on any atom is -0.461 e. The minimum atomic E-state index is 0.244. The van der Waals surface area contributed by atoms with Crippen LogP contribution in [0.1, 0.15) is 12.8 Å². The topological polar surface area (TPSA) is 120 Å². The van der Waals surface area contributed by atoms with Gasteiger partial charge in [-0.1, -0.05) is 0 Å².